The largest absolute Gasteiger partial charge is 0.467 e. The number of rotatable bonds is 2. The van der Waals surface area contributed by atoms with Crippen LogP contribution >= 0.6 is 0 Å². The third-order valence-corrected chi connectivity index (χ3v) is 2.83. The van der Waals surface area contributed by atoms with E-state index in [1.165, 1.54) is 0 Å². The van der Waals surface area contributed by atoms with E-state index in [2.05, 4.69) is 5.10 Å². The fourth-order valence-corrected chi connectivity index (χ4v) is 2.05. The number of para-hydroxylation sites is 1. The molecule has 0 radical (unpaired) electrons. The van der Waals surface area contributed by atoms with Crippen LogP contribution in [0.2, 0.25) is 0 Å². The highest BCUT2D eigenvalue weighted by Crippen LogP contribution is 2.34. The highest BCUT2D eigenvalue weighted by molar-refractivity contribution is 5.85. The smallest absolute Gasteiger partial charge is 0.128 e. The summed E-state index contributed by atoms with van der Waals surface area (Å²) in [5, 5.41) is 6.27. The fourth-order valence-electron chi connectivity index (χ4n) is 2.05. The lowest BCUT2D eigenvalue weighted by Crippen LogP contribution is -2.17. The van der Waals surface area contributed by atoms with E-state index in [4.69, 9.17) is 10.2 Å². The number of nitrogens with two attached hydrogens (primary N) is 1. The molecule has 4 heteroatoms. The quantitative estimate of drug-likeness (QED) is 0.857. The molecule has 1 aromatic carbocycles. The summed E-state index contributed by atoms with van der Waals surface area (Å²) in [6.07, 6.45) is 2.37. The SMILES string of the molecule is NC1=NN(c2ccccc2)C(c2ccco2)C1. The van der Waals surface area contributed by atoms with E-state index < -0.39 is 0 Å². The van der Waals surface area contributed by atoms with Gasteiger partial charge in [-0.3, -0.25) is 5.01 Å². The summed E-state index contributed by atoms with van der Waals surface area (Å²) >= 11 is 0. The van der Waals surface area contributed by atoms with E-state index >= 15 is 0 Å². The molecular formula is C13H13N3O. The Labute approximate surface area is 99.3 Å². The van der Waals surface area contributed by atoms with Gasteiger partial charge in [-0.15, -0.1) is 0 Å². The Balaban J connectivity index is 1.96. The Bertz CT molecular complexity index is 519. The van der Waals surface area contributed by atoms with Crippen LogP contribution < -0.4 is 10.7 Å². The minimum atomic E-state index is 0.0624. The van der Waals surface area contributed by atoms with Gasteiger partial charge in [-0.25, -0.2) is 0 Å². The topological polar surface area (TPSA) is 54.8 Å². The molecule has 1 aromatic heterocycles. The standard InChI is InChI=1S/C13H13N3O/c14-13-9-11(12-7-4-8-17-12)16(15-13)10-5-2-1-3-6-10/h1-8,11H,9H2,(H2,14,15). The lowest BCUT2D eigenvalue weighted by atomic mass is 10.1. The summed E-state index contributed by atoms with van der Waals surface area (Å²) in [4.78, 5) is 0. The average molecular weight is 227 g/mol. The van der Waals surface area contributed by atoms with Crippen molar-refractivity contribution in [1.82, 2.24) is 0 Å². The first kappa shape index (κ1) is 9.96. The fraction of sp³-hybridized carbons (Fsp3) is 0.154. The molecule has 0 bridgehead atoms. The molecule has 86 valence electrons. The van der Waals surface area contributed by atoms with E-state index in [-0.39, 0.29) is 6.04 Å². The molecule has 1 atom stereocenters. The Hall–Kier alpha value is -2.23. The van der Waals surface area contributed by atoms with Crippen molar-refractivity contribution < 1.29 is 4.42 Å². The molecule has 3 rings (SSSR count). The van der Waals surface area contributed by atoms with E-state index in [0.717, 1.165) is 11.4 Å². The van der Waals surface area contributed by atoms with Gasteiger partial charge in [0, 0.05) is 6.42 Å². The maximum Gasteiger partial charge on any atom is 0.128 e. The molecule has 0 aliphatic carbocycles. The Morgan fingerprint density at radius 3 is 2.71 bits per heavy atom. The molecule has 2 N–H and O–H groups in total. The zero-order valence-corrected chi connectivity index (χ0v) is 9.28. The summed E-state index contributed by atoms with van der Waals surface area (Å²) in [6.45, 7) is 0. The number of nitrogens with zero attached hydrogens (tertiary/aromatic N) is 2. The van der Waals surface area contributed by atoms with Gasteiger partial charge in [-0.1, -0.05) is 18.2 Å². The third kappa shape index (κ3) is 1.78. The summed E-state index contributed by atoms with van der Waals surface area (Å²) in [6, 6.07) is 13.9. The number of amidine groups is 1. The van der Waals surface area contributed by atoms with Gasteiger partial charge in [0.1, 0.15) is 17.6 Å². The minimum absolute atomic E-state index is 0.0624. The van der Waals surface area contributed by atoms with Crippen LogP contribution in [-0.4, -0.2) is 5.84 Å². The molecule has 0 fully saturated rings. The van der Waals surface area contributed by atoms with Gasteiger partial charge in [0.05, 0.1) is 12.0 Å². The molecule has 4 nitrogen and oxygen atoms in total. The normalized spacial score (nSPS) is 19.4. The zero-order valence-electron chi connectivity index (χ0n) is 9.28. The second-order valence-corrected chi connectivity index (χ2v) is 4.01. The first-order valence-corrected chi connectivity index (χ1v) is 5.55. The summed E-state index contributed by atoms with van der Waals surface area (Å²) < 4.78 is 5.45. The Morgan fingerprint density at radius 1 is 1.18 bits per heavy atom. The molecule has 0 saturated heterocycles. The van der Waals surface area contributed by atoms with Crippen LogP contribution in [0, 0.1) is 0 Å². The van der Waals surface area contributed by atoms with Crippen molar-refractivity contribution in [2.45, 2.75) is 12.5 Å². The summed E-state index contributed by atoms with van der Waals surface area (Å²) in [5.74, 6) is 1.52. The Morgan fingerprint density at radius 2 is 2.00 bits per heavy atom. The van der Waals surface area contributed by atoms with Crippen LogP contribution in [0.25, 0.3) is 0 Å². The lowest BCUT2D eigenvalue weighted by Gasteiger charge is -2.21. The number of hydrogen-bond acceptors (Lipinski definition) is 4. The summed E-state index contributed by atoms with van der Waals surface area (Å²) in [7, 11) is 0. The second kappa shape index (κ2) is 3.97. The Kier molecular flexibility index (Phi) is 2.33. The third-order valence-electron chi connectivity index (χ3n) is 2.83. The van der Waals surface area contributed by atoms with Crippen molar-refractivity contribution in [3.05, 3.63) is 54.5 Å². The average Bonchev–Trinajstić information content (AvgIpc) is 2.98. The molecule has 1 unspecified atom stereocenters. The van der Waals surface area contributed by atoms with Crippen LogP contribution in [0.3, 0.4) is 0 Å². The predicted molar refractivity (Wildman–Crippen MR) is 66.6 cm³/mol. The second-order valence-electron chi connectivity index (χ2n) is 4.01. The van der Waals surface area contributed by atoms with Crippen LogP contribution in [0.4, 0.5) is 5.69 Å². The molecule has 17 heavy (non-hydrogen) atoms. The molecule has 2 heterocycles. The lowest BCUT2D eigenvalue weighted by molar-refractivity contribution is 0.465. The van der Waals surface area contributed by atoms with E-state index in [9.17, 15) is 0 Å². The highest BCUT2D eigenvalue weighted by atomic mass is 16.3. The van der Waals surface area contributed by atoms with E-state index in [0.29, 0.717) is 12.3 Å². The molecular weight excluding hydrogens is 214 g/mol. The van der Waals surface area contributed by atoms with Gasteiger partial charge in [0.25, 0.3) is 0 Å². The maximum absolute atomic E-state index is 5.83. The van der Waals surface area contributed by atoms with Crippen molar-refractivity contribution in [3.8, 4) is 0 Å². The molecule has 1 aliphatic heterocycles. The minimum Gasteiger partial charge on any atom is -0.467 e. The molecule has 0 spiro atoms. The van der Waals surface area contributed by atoms with Gasteiger partial charge in [-0.05, 0) is 24.3 Å². The van der Waals surface area contributed by atoms with Crippen LogP contribution in [0.15, 0.2) is 58.2 Å². The zero-order chi connectivity index (χ0) is 11.7. The number of hydrogen-bond donors (Lipinski definition) is 1. The first-order chi connectivity index (χ1) is 8.34. The molecule has 2 aromatic rings. The van der Waals surface area contributed by atoms with E-state index in [1.54, 1.807) is 6.26 Å². The van der Waals surface area contributed by atoms with Gasteiger partial charge in [0.15, 0.2) is 0 Å². The van der Waals surface area contributed by atoms with Crippen molar-refractivity contribution in [2.75, 3.05) is 5.01 Å². The van der Waals surface area contributed by atoms with Crippen LogP contribution in [0.1, 0.15) is 18.2 Å². The molecule has 1 aliphatic rings. The molecule has 0 amide bonds. The van der Waals surface area contributed by atoms with Gasteiger partial charge in [0.2, 0.25) is 0 Å². The number of benzene rings is 1. The summed E-state index contributed by atoms with van der Waals surface area (Å²) in [5.41, 5.74) is 6.85. The molecule has 0 saturated carbocycles. The van der Waals surface area contributed by atoms with E-state index in [1.807, 2.05) is 47.5 Å². The van der Waals surface area contributed by atoms with Crippen molar-refractivity contribution in [3.63, 3.8) is 0 Å². The van der Waals surface area contributed by atoms with Gasteiger partial charge >= 0.3 is 0 Å². The highest BCUT2D eigenvalue weighted by Gasteiger charge is 2.29. The van der Waals surface area contributed by atoms with Gasteiger partial charge in [-0.2, -0.15) is 5.10 Å². The number of hydrazone groups is 1. The van der Waals surface area contributed by atoms with Crippen molar-refractivity contribution in [2.24, 2.45) is 10.8 Å². The van der Waals surface area contributed by atoms with Crippen molar-refractivity contribution in [1.29, 1.82) is 0 Å². The van der Waals surface area contributed by atoms with Crippen molar-refractivity contribution >= 4 is 11.5 Å². The van der Waals surface area contributed by atoms with Crippen LogP contribution in [0.5, 0.6) is 0 Å². The predicted octanol–water partition coefficient (Wildman–Crippen LogP) is 2.50. The number of furan rings is 1. The number of anilines is 1. The first-order valence-electron chi connectivity index (χ1n) is 5.55. The van der Waals surface area contributed by atoms with Crippen LogP contribution in [-0.2, 0) is 0 Å². The van der Waals surface area contributed by atoms with Gasteiger partial charge < -0.3 is 10.2 Å². The monoisotopic (exact) mass is 227 g/mol. The maximum atomic E-state index is 5.83.